The van der Waals surface area contributed by atoms with E-state index in [-0.39, 0.29) is 35.2 Å². The van der Waals surface area contributed by atoms with Crippen LogP contribution in [0.5, 0.6) is 0 Å². The van der Waals surface area contributed by atoms with Crippen LogP contribution in [0.2, 0.25) is 0 Å². The first kappa shape index (κ1) is 17.4. The molecule has 10 heteroatoms. The van der Waals surface area contributed by atoms with E-state index in [2.05, 4.69) is 25.7 Å². The number of rotatable bonds is 3. The summed E-state index contributed by atoms with van der Waals surface area (Å²) in [6, 6.07) is 1.36. The van der Waals surface area contributed by atoms with Crippen LogP contribution in [0.1, 0.15) is 46.3 Å². The highest BCUT2D eigenvalue weighted by Crippen LogP contribution is 2.26. The average molecular weight is 386 g/mol. The molecule has 0 aromatic carbocycles. The minimum absolute atomic E-state index is 0.00516. The van der Waals surface area contributed by atoms with Crippen molar-refractivity contribution in [2.45, 2.75) is 38.8 Å². The molecule has 3 aromatic heterocycles. The maximum absolute atomic E-state index is 12.7. The van der Waals surface area contributed by atoms with Crippen LogP contribution in [0.25, 0.3) is 5.78 Å². The van der Waals surface area contributed by atoms with Gasteiger partial charge in [-0.3, -0.25) is 19.5 Å². The normalized spacial score (nSPS) is 19.9. The van der Waals surface area contributed by atoms with Gasteiger partial charge >= 0.3 is 0 Å². The maximum Gasteiger partial charge on any atom is 0.288 e. The largest absolute Gasteiger partial charge is 0.347 e. The number of fused-ring (bicyclic) bond motifs is 1. The second kappa shape index (κ2) is 6.62. The zero-order valence-electron chi connectivity index (χ0n) is 14.8. The molecule has 0 spiro atoms. The molecule has 1 saturated heterocycles. The lowest BCUT2D eigenvalue weighted by Crippen LogP contribution is -2.50. The Morgan fingerprint density at radius 1 is 1.33 bits per heavy atom. The number of carbonyl (C=O) groups excluding carboxylic acids is 2. The van der Waals surface area contributed by atoms with Crippen molar-refractivity contribution in [1.29, 1.82) is 0 Å². The number of H-pyrrole nitrogens is 1. The molecule has 0 aliphatic carbocycles. The molecule has 140 valence electrons. The van der Waals surface area contributed by atoms with Crippen molar-refractivity contribution in [1.82, 2.24) is 30.2 Å². The highest BCUT2D eigenvalue weighted by atomic mass is 32.1. The summed E-state index contributed by atoms with van der Waals surface area (Å²) < 4.78 is 1.16. The van der Waals surface area contributed by atoms with Crippen LogP contribution in [-0.4, -0.2) is 37.4 Å². The topological polar surface area (TPSA) is 121 Å². The Morgan fingerprint density at radius 3 is 2.89 bits per heavy atom. The van der Waals surface area contributed by atoms with Crippen molar-refractivity contribution in [3.63, 3.8) is 0 Å². The van der Waals surface area contributed by atoms with E-state index in [1.165, 1.54) is 11.3 Å². The van der Waals surface area contributed by atoms with Gasteiger partial charge in [0.1, 0.15) is 0 Å². The number of nitrogens with one attached hydrogen (secondary N) is 3. The fraction of sp³-hybridized carbons (Fsp3) is 0.353. The zero-order valence-corrected chi connectivity index (χ0v) is 15.6. The summed E-state index contributed by atoms with van der Waals surface area (Å²) >= 11 is 1.53. The third-order valence-electron chi connectivity index (χ3n) is 4.80. The van der Waals surface area contributed by atoms with E-state index in [4.69, 9.17) is 0 Å². The number of amides is 2. The number of aromatic nitrogens is 4. The van der Waals surface area contributed by atoms with Crippen LogP contribution >= 0.6 is 11.3 Å². The molecule has 0 unspecified atom stereocenters. The molecular formula is C17H18N6O3S. The molecule has 4 rings (SSSR count). The van der Waals surface area contributed by atoms with Gasteiger partial charge in [0.15, 0.2) is 0 Å². The molecule has 0 saturated carbocycles. The van der Waals surface area contributed by atoms with E-state index >= 15 is 0 Å². The lowest BCUT2D eigenvalue weighted by atomic mass is 9.93. The second-order valence-corrected chi connectivity index (χ2v) is 7.34. The summed E-state index contributed by atoms with van der Waals surface area (Å²) in [7, 11) is 0. The predicted octanol–water partition coefficient (Wildman–Crippen LogP) is 0.846. The molecule has 3 N–H and O–H groups in total. The number of aryl methyl sites for hydroxylation is 1. The van der Waals surface area contributed by atoms with Crippen molar-refractivity contribution in [3.05, 3.63) is 49.8 Å². The van der Waals surface area contributed by atoms with Gasteiger partial charge in [-0.25, -0.2) is 4.98 Å². The number of aromatic amines is 1. The summed E-state index contributed by atoms with van der Waals surface area (Å²) in [6.45, 7) is 3.40. The van der Waals surface area contributed by atoms with E-state index in [0.717, 1.165) is 10.1 Å². The first-order chi connectivity index (χ1) is 12.9. The SMILES string of the molecule is Cc1nc2nc(C(=O)N[C@@H]3CCC(=O)N[C@H]3c3ccsc3)[nH]n2c(=O)c1C. The molecule has 0 radical (unpaired) electrons. The summed E-state index contributed by atoms with van der Waals surface area (Å²) in [4.78, 5) is 45.2. The van der Waals surface area contributed by atoms with Gasteiger partial charge in [0.05, 0.1) is 12.1 Å². The van der Waals surface area contributed by atoms with Gasteiger partial charge in [0.2, 0.25) is 11.7 Å². The Morgan fingerprint density at radius 2 is 2.15 bits per heavy atom. The van der Waals surface area contributed by atoms with Crippen LogP contribution in [0.4, 0.5) is 0 Å². The number of thiophene rings is 1. The minimum Gasteiger partial charge on any atom is -0.347 e. The monoisotopic (exact) mass is 386 g/mol. The first-order valence-electron chi connectivity index (χ1n) is 8.52. The summed E-state index contributed by atoms with van der Waals surface area (Å²) in [5.41, 5.74) is 1.74. The molecule has 3 aromatic rings. The van der Waals surface area contributed by atoms with Crippen molar-refractivity contribution in [3.8, 4) is 0 Å². The Labute approximate surface area is 157 Å². The molecule has 2 atom stereocenters. The Hall–Kier alpha value is -3.01. The number of piperidine rings is 1. The predicted molar refractivity (Wildman–Crippen MR) is 98.8 cm³/mol. The molecule has 2 amide bonds. The van der Waals surface area contributed by atoms with Gasteiger partial charge in [0, 0.05) is 17.7 Å². The quantitative estimate of drug-likeness (QED) is 0.616. The van der Waals surface area contributed by atoms with Gasteiger partial charge in [-0.15, -0.1) is 0 Å². The third kappa shape index (κ3) is 3.12. The molecule has 27 heavy (non-hydrogen) atoms. The lowest BCUT2D eigenvalue weighted by molar-refractivity contribution is -0.123. The molecular weight excluding hydrogens is 368 g/mol. The summed E-state index contributed by atoms with van der Waals surface area (Å²) in [5, 5.41) is 12.4. The van der Waals surface area contributed by atoms with Crippen LogP contribution in [0, 0.1) is 13.8 Å². The van der Waals surface area contributed by atoms with Gasteiger partial charge < -0.3 is 10.6 Å². The second-order valence-electron chi connectivity index (χ2n) is 6.56. The molecule has 1 aliphatic heterocycles. The van der Waals surface area contributed by atoms with Gasteiger partial charge in [-0.1, -0.05) is 0 Å². The van der Waals surface area contributed by atoms with E-state index in [9.17, 15) is 14.4 Å². The van der Waals surface area contributed by atoms with Gasteiger partial charge in [0.25, 0.3) is 17.2 Å². The van der Waals surface area contributed by atoms with Gasteiger partial charge in [-0.05, 0) is 42.7 Å². The highest BCUT2D eigenvalue weighted by molar-refractivity contribution is 7.08. The minimum atomic E-state index is -0.448. The van der Waals surface area contributed by atoms with E-state index in [1.807, 2.05) is 16.8 Å². The van der Waals surface area contributed by atoms with E-state index < -0.39 is 5.91 Å². The smallest absolute Gasteiger partial charge is 0.288 e. The van der Waals surface area contributed by atoms with Crippen LogP contribution in [0.15, 0.2) is 21.6 Å². The molecule has 4 heterocycles. The summed E-state index contributed by atoms with van der Waals surface area (Å²) in [6.07, 6.45) is 0.861. The zero-order chi connectivity index (χ0) is 19.1. The standard InChI is InChI=1S/C17H18N6O3S/c1-8-9(2)18-17-21-14(22-23(17)16(8)26)15(25)19-11-3-4-12(24)20-13(11)10-5-6-27-7-10/h5-7,11,13H,3-4H2,1-2H3,(H,19,25)(H,20,24)(H,18,21,22)/t11-,13+/m1/s1. The van der Waals surface area contributed by atoms with Crippen LogP contribution < -0.4 is 16.2 Å². The van der Waals surface area contributed by atoms with Crippen molar-refractivity contribution < 1.29 is 9.59 Å². The van der Waals surface area contributed by atoms with Crippen molar-refractivity contribution in [2.75, 3.05) is 0 Å². The molecule has 1 aliphatic rings. The number of hydrogen-bond donors (Lipinski definition) is 3. The fourth-order valence-electron chi connectivity index (χ4n) is 3.16. The molecule has 0 bridgehead atoms. The Kier molecular flexibility index (Phi) is 4.27. The number of nitrogens with zero attached hydrogens (tertiary/aromatic N) is 3. The Bertz CT molecular complexity index is 1080. The highest BCUT2D eigenvalue weighted by Gasteiger charge is 2.32. The van der Waals surface area contributed by atoms with E-state index in [1.54, 1.807) is 13.8 Å². The van der Waals surface area contributed by atoms with E-state index in [0.29, 0.717) is 24.1 Å². The maximum atomic E-state index is 12.7. The Balaban J connectivity index is 1.61. The van der Waals surface area contributed by atoms with Crippen LogP contribution in [-0.2, 0) is 4.79 Å². The summed E-state index contributed by atoms with van der Waals surface area (Å²) in [5.74, 6) is -0.330. The molecule has 1 fully saturated rings. The van der Waals surface area contributed by atoms with Crippen molar-refractivity contribution >= 4 is 28.9 Å². The fourth-order valence-corrected chi connectivity index (χ4v) is 3.86. The number of carbonyl (C=O) groups is 2. The van der Waals surface area contributed by atoms with Gasteiger partial charge in [-0.2, -0.15) is 20.8 Å². The lowest BCUT2D eigenvalue weighted by Gasteiger charge is -2.32. The molecule has 9 nitrogen and oxygen atoms in total. The number of hydrogen-bond acceptors (Lipinski definition) is 6. The first-order valence-corrected chi connectivity index (χ1v) is 9.46. The average Bonchev–Trinajstić information content (AvgIpc) is 3.31. The van der Waals surface area contributed by atoms with Crippen molar-refractivity contribution in [2.24, 2.45) is 0 Å². The third-order valence-corrected chi connectivity index (χ3v) is 5.50. The van der Waals surface area contributed by atoms with Crippen LogP contribution in [0.3, 0.4) is 0 Å².